The van der Waals surface area contributed by atoms with Crippen LogP contribution in [0.25, 0.3) is 0 Å². The van der Waals surface area contributed by atoms with Gasteiger partial charge in [0.1, 0.15) is 11.5 Å². The van der Waals surface area contributed by atoms with Crippen LogP contribution in [0.1, 0.15) is 24.2 Å². The Morgan fingerprint density at radius 3 is 2.38 bits per heavy atom. The number of carbonyl (C=O) groups is 2. The van der Waals surface area contributed by atoms with E-state index in [1.165, 1.54) is 0 Å². The smallest absolute Gasteiger partial charge is 0.279 e. The van der Waals surface area contributed by atoms with Crippen molar-refractivity contribution in [2.45, 2.75) is 20.0 Å². The predicted octanol–water partition coefficient (Wildman–Crippen LogP) is 3.57. The van der Waals surface area contributed by atoms with Gasteiger partial charge >= 0.3 is 0 Å². The summed E-state index contributed by atoms with van der Waals surface area (Å²) in [5.41, 5.74) is 5.13. The van der Waals surface area contributed by atoms with E-state index >= 15 is 0 Å². The second-order valence-corrected chi connectivity index (χ2v) is 6.83. The van der Waals surface area contributed by atoms with Crippen LogP contribution in [-0.4, -0.2) is 24.5 Å². The molecular formula is C18H18ClIN2O4. The maximum atomic E-state index is 12.1. The van der Waals surface area contributed by atoms with E-state index in [4.69, 9.17) is 21.1 Å². The van der Waals surface area contributed by atoms with Crippen molar-refractivity contribution < 1.29 is 19.1 Å². The van der Waals surface area contributed by atoms with Crippen LogP contribution in [-0.2, 0) is 4.79 Å². The highest BCUT2D eigenvalue weighted by Gasteiger charge is 2.17. The van der Waals surface area contributed by atoms with Crippen molar-refractivity contribution in [1.29, 1.82) is 0 Å². The lowest BCUT2D eigenvalue weighted by Gasteiger charge is -2.15. The van der Waals surface area contributed by atoms with Crippen LogP contribution < -0.4 is 20.3 Å². The molecule has 138 valence electrons. The van der Waals surface area contributed by atoms with Gasteiger partial charge in [0.05, 0.1) is 12.2 Å². The lowest BCUT2D eigenvalue weighted by molar-refractivity contribution is -0.128. The third-order valence-corrected chi connectivity index (χ3v) is 4.42. The molecule has 0 aliphatic rings. The standard InChI is InChI=1S/C18H18ClIN2O4/c1-3-25-13-5-7-14(8-6-13)26-11(2)17(23)21-22-18(24)15-9-4-12(19)10-16(15)20/h4-11H,3H2,1-2H3,(H,21,23)(H,22,24). The van der Waals surface area contributed by atoms with E-state index in [2.05, 4.69) is 10.9 Å². The third kappa shape index (κ3) is 5.77. The third-order valence-electron chi connectivity index (χ3n) is 3.29. The number of hydrazine groups is 1. The molecule has 8 heteroatoms. The first-order chi connectivity index (χ1) is 12.4. The number of hydrogen-bond donors (Lipinski definition) is 2. The molecule has 26 heavy (non-hydrogen) atoms. The average Bonchev–Trinajstić information content (AvgIpc) is 2.61. The fraction of sp³-hybridized carbons (Fsp3) is 0.222. The highest BCUT2D eigenvalue weighted by atomic mass is 127. The molecule has 2 rings (SSSR count). The fourth-order valence-electron chi connectivity index (χ4n) is 2.00. The van der Waals surface area contributed by atoms with Crippen molar-refractivity contribution in [2.24, 2.45) is 0 Å². The molecule has 0 aromatic heterocycles. The minimum Gasteiger partial charge on any atom is -0.494 e. The Kier molecular flexibility index (Phi) is 7.52. The molecule has 0 radical (unpaired) electrons. The maximum Gasteiger partial charge on any atom is 0.279 e. The lowest BCUT2D eigenvalue weighted by Crippen LogP contribution is -2.47. The van der Waals surface area contributed by atoms with Crippen LogP contribution in [0.5, 0.6) is 11.5 Å². The molecule has 2 aromatic rings. The van der Waals surface area contributed by atoms with E-state index in [1.807, 2.05) is 29.5 Å². The van der Waals surface area contributed by atoms with E-state index in [-0.39, 0.29) is 0 Å². The first kappa shape index (κ1) is 20.3. The summed E-state index contributed by atoms with van der Waals surface area (Å²) >= 11 is 7.87. The molecule has 0 aliphatic carbocycles. The summed E-state index contributed by atoms with van der Waals surface area (Å²) in [5, 5.41) is 0.535. The predicted molar refractivity (Wildman–Crippen MR) is 107 cm³/mol. The van der Waals surface area contributed by atoms with Gasteiger partial charge in [-0.2, -0.15) is 0 Å². The molecule has 2 N–H and O–H groups in total. The van der Waals surface area contributed by atoms with Crippen molar-refractivity contribution in [2.75, 3.05) is 6.61 Å². The number of nitrogens with one attached hydrogen (secondary N) is 2. The van der Waals surface area contributed by atoms with Crippen LogP contribution in [0.3, 0.4) is 0 Å². The van der Waals surface area contributed by atoms with Crippen molar-refractivity contribution in [3.05, 3.63) is 56.6 Å². The highest BCUT2D eigenvalue weighted by molar-refractivity contribution is 14.1. The van der Waals surface area contributed by atoms with Crippen molar-refractivity contribution in [1.82, 2.24) is 10.9 Å². The van der Waals surface area contributed by atoms with Crippen LogP contribution >= 0.6 is 34.2 Å². The summed E-state index contributed by atoms with van der Waals surface area (Å²) in [7, 11) is 0. The fourth-order valence-corrected chi connectivity index (χ4v) is 3.12. The van der Waals surface area contributed by atoms with Crippen molar-refractivity contribution >= 4 is 46.0 Å². The summed E-state index contributed by atoms with van der Waals surface area (Å²) in [6.45, 7) is 4.06. The molecule has 0 saturated heterocycles. The molecule has 2 aromatic carbocycles. The molecule has 1 unspecified atom stereocenters. The minimum absolute atomic E-state index is 0.412. The Hall–Kier alpha value is -2.00. The van der Waals surface area contributed by atoms with Gasteiger partial charge in [-0.05, 0) is 78.9 Å². The van der Waals surface area contributed by atoms with Gasteiger partial charge in [-0.25, -0.2) is 0 Å². The van der Waals surface area contributed by atoms with Gasteiger partial charge in [0.25, 0.3) is 11.8 Å². The van der Waals surface area contributed by atoms with Crippen LogP contribution in [0, 0.1) is 3.57 Å². The quantitative estimate of drug-likeness (QED) is 0.481. The number of halogens is 2. The van der Waals surface area contributed by atoms with E-state index < -0.39 is 17.9 Å². The number of hydrogen-bond acceptors (Lipinski definition) is 4. The Morgan fingerprint density at radius 1 is 1.12 bits per heavy atom. The molecular weight excluding hydrogens is 471 g/mol. The van der Waals surface area contributed by atoms with Crippen molar-refractivity contribution in [3.8, 4) is 11.5 Å². The summed E-state index contributed by atoms with van der Waals surface area (Å²) in [6.07, 6.45) is -0.794. The zero-order chi connectivity index (χ0) is 19.1. The number of ether oxygens (including phenoxy) is 2. The molecule has 0 aliphatic heterocycles. The Labute approximate surface area is 170 Å². The van der Waals surface area contributed by atoms with Crippen LogP contribution in [0.4, 0.5) is 0 Å². The SMILES string of the molecule is CCOc1ccc(OC(C)C(=O)NNC(=O)c2ccc(Cl)cc2I)cc1. The summed E-state index contributed by atoms with van der Waals surface area (Å²) < 4.78 is 11.6. The van der Waals surface area contributed by atoms with Gasteiger partial charge in [-0.3, -0.25) is 20.4 Å². The van der Waals surface area contributed by atoms with Gasteiger partial charge in [-0.15, -0.1) is 0 Å². The number of rotatable bonds is 6. The molecule has 0 heterocycles. The monoisotopic (exact) mass is 488 g/mol. The van der Waals surface area contributed by atoms with Crippen molar-refractivity contribution in [3.63, 3.8) is 0 Å². The average molecular weight is 489 g/mol. The maximum absolute atomic E-state index is 12.1. The van der Waals surface area contributed by atoms with Gasteiger partial charge in [-0.1, -0.05) is 11.6 Å². The van der Waals surface area contributed by atoms with Crippen LogP contribution in [0.2, 0.25) is 5.02 Å². The Balaban J connectivity index is 1.87. The largest absolute Gasteiger partial charge is 0.494 e. The minimum atomic E-state index is -0.794. The molecule has 0 saturated carbocycles. The normalized spacial score (nSPS) is 11.4. The van der Waals surface area contributed by atoms with E-state index in [0.29, 0.717) is 26.5 Å². The first-order valence-corrected chi connectivity index (χ1v) is 9.31. The number of carbonyl (C=O) groups excluding carboxylic acids is 2. The van der Waals surface area contributed by atoms with Gasteiger partial charge in [0.2, 0.25) is 0 Å². The summed E-state index contributed by atoms with van der Waals surface area (Å²) in [6, 6.07) is 11.8. The van der Waals surface area contributed by atoms with E-state index in [1.54, 1.807) is 49.4 Å². The summed E-state index contributed by atoms with van der Waals surface area (Å²) in [5.74, 6) is 0.334. The Bertz CT molecular complexity index is 783. The van der Waals surface area contributed by atoms with Gasteiger partial charge < -0.3 is 9.47 Å². The second-order valence-electron chi connectivity index (χ2n) is 5.23. The lowest BCUT2D eigenvalue weighted by atomic mass is 10.2. The molecule has 6 nitrogen and oxygen atoms in total. The number of benzene rings is 2. The second kappa shape index (κ2) is 9.63. The van der Waals surface area contributed by atoms with Gasteiger partial charge in [0.15, 0.2) is 6.10 Å². The molecule has 2 amide bonds. The van der Waals surface area contributed by atoms with Gasteiger partial charge in [0, 0.05) is 8.59 Å². The zero-order valence-corrected chi connectivity index (χ0v) is 17.1. The topological polar surface area (TPSA) is 76.7 Å². The zero-order valence-electron chi connectivity index (χ0n) is 14.2. The first-order valence-electron chi connectivity index (χ1n) is 7.85. The number of amides is 2. The molecule has 0 bridgehead atoms. The molecule has 0 spiro atoms. The van der Waals surface area contributed by atoms with E-state index in [9.17, 15) is 9.59 Å². The Morgan fingerprint density at radius 2 is 1.77 bits per heavy atom. The van der Waals surface area contributed by atoms with E-state index in [0.717, 1.165) is 5.75 Å². The molecule has 0 fully saturated rings. The highest BCUT2D eigenvalue weighted by Crippen LogP contribution is 2.19. The van der Waals surface area contributed by atoms with Crippen LogP contribution in [0.15, 0.2) is 42.5 Å². The molecule has 1 atom stereocenters. The summed E-state index contributed by atoms with van der Waals surface area (Å²) in [4.78, 5) is 24.2.